The molecule has 2 rings (SSSR count). The molecule has 7 heteroatoms. The van der Waals surface area contributed by atoms with Gasteiger partial charge in [-0.25, -0.2) is 13.2 Å². The van der Waals surface area contributed by atoms with Gasteiger partial charge in [0.15, 0.2) is 9.84 Å². The smallest absolute Gasteiger partial charge is 0.341 e. The van der Waals surface area contributed by atoms with Crippen LogP contribution in [-0.2, 0) is 21.1 Å². The average molecular weight is 309 g/mol. The van der Waals surface area contributed by atoms with Crippen LogP contribution in [0.5, 0.6) is 0 Å². The third-order valence-electron chi connectivity index (χ3n) is 2.80. The van der Waals surface area contributed by atoms with Crippen molar-refractivity contribution in [2.75, 3.05) is 18.7 Å². The van der Waals surface area contributed by atoms with Crippen LogP contribution in [0.1, 0.15) is 16.1 Å². The molecule has 0 radical (unpaired) electrons. The number of nitrogens with one attached hydrogen (secondary N) is 1. The van der Waals surface area contributed by atoms with Crippen molar-refractivity contribution < 1.29 is 22.4 Å². The number of esters is 1. The van der Waals surface area contributed by atoms with Crippen molar-refractivity contribution in [1.29, 1.82) is 0 Å². The highest BCUT2D eigenvalue weighted by Gasteiger charge is 2.11. The van der Waals surface area contributed by atoms with E-state index >= 15 is 0 Å². The van der Waals surface area contributed by atoms with Crippen molar-refractivity contribution in [3.63, 3.8) is 0 Å². The Morgan fingerprint density at radius 2 is 2.10 bits per heavy atom. The van der Waals surface area contributed by atoms with E-state index in [9.17, 15) is 13.2 Å². The van der Waals surface area contributed by atoms with Crippen LogP contribution in [0, 0.1) is 0 Å². The molecular formula is C14H15NO5S. The molecule has 1 heterocycles. The number of furan rings is 1. The van der Waals surface area contributed by atoms with Gasteiger partial charge in [0.05, 0.1) is 24.1 Å². The van der Waals surface area contributed by atoms with Gasteiger partial charge in [0, 0.05) is 11.9 Å². The van der Waals surface area contributed by atoms with E-state index < -0.39 is 15.8 Å². The molecule has 0 aliphatic carbocycles. The summed E-state index contributed by atoms with van der Waals surface area (Å²) in [4.78, 5) is 11.5. The van der Waals surface area contributed by atoms with Crippen molar-refractivity contribution in [2.24, 2.45) is 0 Å². The molecule has 2 aromatic rings. The van der Waals surface area contributed by atoms with Gasteiger partial charge in [-0.3, -0.25) is 0 Å². The van der Waals surface area contributed by atoms with Gasteiger partial charge in [0.25, 0.3) is 0 Å². The number of sulfone groups is 1. The van der Waals surface area contributed by atoms with Crippen molar-refractivity contribution in [2.45, 2.75) is 11.4 Å². The lowest BCUT2D eigenvalue weighted by molar-refractivity contribution is 0.0600. The van der Waals surface area contributed by atoms with E-state index in [0.717, 1.165) is 6.26 Å². The Balaban J connectivity index is 2.07. The molecule has 0 atom stereocenters. The van der Waals surface area contributed by atoms with E-state index in [2.05, 4.69) is 10.1 Å². The van der Waals surface area contributed by atoms with E-state index in [4.69, 9.17) is 4.42 Å². The van der Waals surface area contributed by atoms with Gasteiger partial charge in [-0.05, 0) is 24.3 Å². The zero-order chi connectivity index (χ0) is 15.5. The number of benzene rings is 1. The molecule has 6 nitrogen and oxygen atoms in total. The maximum atomic E-state index is 11.5. The van der Waals surface area contributed by atoms with Crippen LogP contribution in [0.2, 0.25) is 0 Å². The number of methoxy groups -OCH3 is 1. The fraction of sp³-hybridized carbons (Fsp3) is 0.214. The lowest BCUT2D eigenvalue weighted by Gasteiger charge is -2.06. The molecule has 0 aliphatic rings. The highest BCUT2D eigenvalue weighted by Crippen LogP contribution is 2.17. The molecule has 1 aromatic heterocycles. The summed E-state index contributed by atoms with van der Waals surface area (Å²) in [5.41, 5.74) is 0.980. The Kier molecular flexibility index (Phi) is 4.32. The summed E-state index contributed by atoms with van der Waals surface area (Å²) in [6.45, 7) is 0.324. The van der Waals surface area contributed by atoms with Crippen LogP contribution in [0.3, 0.4) is 0 Å². The fourth-order valence-corrected chi connectivity index (χ4v) is 2.39. The predicted molar refractivity (Wildman–Crippen MR) is 76.9 cm³/mol. The molecule has 0 saturated carbocycles. The molecule has 0 saturated heterocycles. The van der Waals surface area contributed by atoms with Crippen LogP contribution < -0.4 is 5.32 Å². The number of carbonyl (C=O) groups excluding carboxylic acids is 1. The lowest BCUT2D eigenvalue weighted by Crippen LogP contribution is -2.02. The number of ether oxygens (including phenoxy) is 1. The molecule has 0 fully saturated rings. The monoisotopic (exact) mass is 309 g/mol. The Bertz CT molecular complexity index is 748. The maximum absolute atomic E-state index is 11.5. The minimum absolute atomic E-state index is 0.238. The van der Waals surface area contributed by atoms with Crippen LogP contribution >= 0.6 is 0 Å². The number of hydrogen-bond donors (Lipinski definition) is 1. The van der Waals surface area contributed by atoms with Gasteiger partial charge >= 0.3 is 5.97 Å². The van der Waals surface area contributed by atoms with Gasteiger partial charge in [-0.2, -0.15) is 0 Å². The largest absolute Gasteiger partial charge is 0.467 e. The quantitative estimate of drug-likeness (QED) is 0.851. The molecule has 0 bridgehead atoms. The van der Waals surface area contributed by atoms with Gasteiger partial charge in [0.1, 0.15) is 12.0 Å². The number of anilines is 1. The molecule has 1 N–H and O–H groups in total. The van der Waals surface area contributed by atoms with E-state index in [1.807, 2.05) is 0 Å². The van der Waals surface area contributed by atoms with Gasteiger partial charge in [0.2, 0.25) is 0 Å². The van der Waals surface area contributed by atoms with Crippen molar-refractivity contribution in [3.8, 4) is 0 Å². The van der Waals surface area contributed by atoms with Crippen LogP contribution in [-0.4, -0.2) is 27.8 Å². The SMILES string of the molecule is COC(=O)c1coc(CNc2cccc(S(C)(=O)=O)c2)c1. The number of rotatable bonds is 5. The second-order valence-corrected chi connectivity index (χ2v) is 6.46. The molecular weight excluding hydrogens is 294 g/mol. The Morgan fingerprint density at radius 1 is 1.33 bits per heavy atom. The first kappa shape index (κ1) is 15.1. The fourth-order valence-electron chi connectivity index (χ4n) is 1.72. The zero-order valence-electron chi connectivity index (χ0n) is 11.6. The van der Waals surface area contributed by atoms with Crippen LogP contribution in [0.4, 0.5) is 5.69 Å². The molecule has 0 spiro atoms. The first-order valence-electron chi connectivity index (χ1n) is 6.10. The number of carbonyl (C=O) groups is 1. The minimum atomic E-state index is -3.24. The van der Waals surface area contributed by atoms with Crippen LogP contribution in [0.25, 0.3) is 0 Å². The topological polar surface area (TPSA) is 85.6 Å². The molecule has 21 heavy (non-hydrogen) atoms. The van der Waals surface area contributed by atoms with E-state index in [1.165, 1.54) is 19.4 Å². The Morgan fingerprint density at radius 3 is 2.76 bits per heavy atom. The highest BCUT2D eigenvalue weighted by atomic mass is 32.2. The molecule has 112 valence electrons. The standard InChI is InChI=1S/C14H15NO5S/c1-19-14(16)10-6-12(20-9-10)8-15-11-4-3-5-13(7-11)21(2,17)18/h3-7,9,15H,8H2,1-2H3. The molecule has 0 amide bonds. The normalized spacial score (nSPS) is 11.1. The molecule has 0 unspecified atom stereocenters. The van der Waals surface area contributed by atoms with Gasteiger partial charge < -0.3 is 14.5 Å². The summed E-state index contributed by atoms with van der Waals surface area (Å²) in [6.07, 6.45) is 2.47. The average Bonchev–Trinajstić information content (AvgIpc) is 2.92. The molecule has 1 aromatic carbocycles. The minimum Gasteiger partial charge on any atom is -0.467 e. The Labute approximate surface area is 122 Å². The summed E-state index contributed by atoms with van der Waals surface area (Å²) in [6, 6.07) is 8.04. The summed E-state index contributed by atoms with van der Waals surface area (Å²) in [5, 5.41) is 3.03. The number of hydrogen-bond acceptors (Lipinski definition) is 6. The summed E-state index contributed by atoms with van der Waals surface area (Å²) in [5.74, 6) is 0.0734. The van der Waals surface area contributed by atoms with E-state index in [-0.39, 0.29) is 4.90 Å². The van der Waals surface area contributed by atoms with Crippen molar-refractivity contribution in [1.82, 2.24) is 0 Å². The molecule has 0 aliphatic heterocycles. The van der Waals surface area contributed by atoms with Crippen LogP contribution in [0.15, 0.2) is 45.9 Å². The predicted octanol–water partition coefficient (Wildman–Crippen LogP) is 2.08. The summed E-state index contributed by atoms with van der Waals surface area (Å²) < 4.78 is 32.8. The van der Waals surface area contributed by atoms with Crippen molar-refractivity contribution in [3.05, 3.63) is 47.9 Å². The zero-order valence-corrected chi connectivity index (χ0v) is 12.4. The van der Waals surface area contributed by atoms with Crippen molar-refractivity contribution >= 4 is 21.5 Å². The highest BCUT2D eigenvalue weighted by molar-refractivity contribution is 7.90. The van der Waals surface area contributed by atoms with Gasteiger partial charge in [-0.15, -0.1) is 0 Å². The third-order valence-corrected chi connectivity index (χ3v) is 3.91. The first-order chi connectivity index (χ1) is 9.90. The Hall–Kier alpha value is -2.28. The lowest BCUT2D eigenvalue weighted by atomic mass is 10.3. The summed E-state index contributed by atoms with van der Waals surface area (Å²) >= 11 is 0. The summed E-state index contributed by atoms with van der Waals surface area (Å²) in [7, 11) is -1.95. The van der Waals surface area contributed by atoms with E-state index in [0.29, 0.717) is 23.6 Å². The van der Waals surface area contributed by atoms with E-state index in [1.54, 1.807) is 24.3 Å². The third kappa shape index (κ3) is 3.85. The maximum Gasteiger partial charge on any atom is 0.341 e. The second-order valence-electron chi connectivity index (χ2n) is 4.45. The second kappa shape index (κ2) is 6.01. The first-order valence-corrected chi connectivity index (χ1v) is 7.99. The van der Waals surface area contributed by atoms with Gasteiger partial charge in [-0.1, -0.05) is 6.07 Å².